The van der Waals surface area contributed by atoms with Crippen LogP contribution in [0.1, 0.15) is 43.6 Å². The van der Waals surface area contributed by atoms with Crippen LogP contribution in [0.15, 0.2) is 18.2 Å². The van der Waals surface area contributed by atoms with Crippen molar-refractivity contribution in [3.05, 3.63) is 29.3 Å². The van der Waals surface area contributed by atoms with Crippen LogP contribution in [0.25, 0.3) is 0 Å². The Hall–Kier alpha value is -1.51. The van der Waals surface area contributed by atoms with Gasteiger partial charge in [0, 0.05) is 29.9 Å². The number of anilines is 1. The van der Waals surface area contributed by atoms with E-state index in [4.69, 9.17) is 0 Å². The zero-order valence-corrected chi connectivity index (χ0v) is 11.7. The molecule has 0 aliphatic carbocycles. The molecule has 0 saturated heterocycles. The van der Waals surface area contributed by atoms with Crippen molar-refractivity contribution < 1.29 is 4.79 Å². The topological polar surface area (TPSA) is 32.3 Å². The van der Waals surface area contributed by atoms with Crippen LogP contribution < -0.4 is 10.2 Å². The number of fused-ring (bicyclic) bond motifs is 1. The van der Waals surface area contributed by atoms with E-state index in [0.717, 1.165) is 18.5 Å². The van der Waals surface area contributed by atoms with Gasteiger partial charge in [-0.2, -0.15) is 0 Å². The lowest BCUT2D eigenvalue weighted by molar-refractivity contribution is 0.0943. The van der Waals surface area contributed by atoms with Crippen molar-refractivity contribution in [1.82, 2.24) is 5.32 Å². The Balaban J connectivity index is 2.22. The number of nitrogens with one attached hydrogen (secondary N) is 1. The van der Waals surface area contributed by atoms with E-state index in [-0.39, 0.29) is 11.9 Å². The molecule has 1 amide bonds. The average Bonchev–Trinajstić information content (AvgIpc) is 2.70. The van der Waals surface area contributed by atoms with Crippen molar-refractivity contribution in [2.75, 3.05) is 11.4 Å². The molecular formula is C15H22N2O. The molecule has 1 N–H and O–H groups in total. The lowest BCUT2D eigenvalue weighted by Crippen LogP contribution is -2.30. The summed E-state index contributed by atoms with van der Waals surface area (Å²) in [5, 5.41) is 2.93. The first-order valence-corrected chi connectivity index (χ1v) is 6.69. The second kappa shape index (κ2) is 5.01. The standard InChI is InChI=1S/C15H22N2O/c1-10(2)16-15(18)13-5-6-14-12(9-13)7-8-17(14)11(3)4/h5-6,9-11H,7-8H2,1-4H3,(H,16,18). The first-order chi connectivity index (χ1) is 8.49. The number of rotatable bonds is 3. The third-order valence-electron chi connectivity index (χ3n) is 3.32. The van der Waals surface area contributed by atoms with Crippen molar-refractivity contribution in [2.24, 2.45) is 0 Å². The molecule has 1 aromatic rings. The van der Waals surface area contributed by atoms with Crippen LogP contribution in [-0.4, -0.2) is 24.5 Å². The average molecular weight is 246 g/mol. The molecule has 3 heteroatoms. The summed E-state index contributed by atoms with van der Waals surface area (Å²) in [6.07, 6.45) is 1.04. The maximum Gasteiger partial charge on any atom is 0.251 e. The number of carbonyl (C=O) groups excluding carboxylic acids is 1. The number of hydrogen-bond donors (Lipinski definition) is 1. The number of nitrogens with zero attached hydrogens (tertiary/aromatic N) is 1. The predicted octanol–water partition coefficient (Wildman–Crippen LogP) is 2.60. The largest absolute Gasteiger partial charge is 0.369 e. The maximum atomic E-state index is 11.9. The molecule has 2 rings (SSSR count). The molecule has 0 unspecified atom stereocenters. The molecule has 1 heterocycles. The molecule has 18 heavy (non-hydrogen) atoms. The Bertz CT molecular complexity index is 452. The molecule has 1 aromatic carbocycles. The van der Waals surface area contributed by atoms with Gasteiger partial charge in [0.05, 0.1) is 0 Å². The number of carbonyl (C=O) groups is 1. The van der Waals surface area contributed by atoms with Gasteiger partial charge in [0.15, 0.2) is 0 Å². The van der Waals surface area contributed by atoms with Crippen LogP contribution in [0.4, 0.5) is 5.69 Å². The number of amides is 1. The molecule has 1 aliphatic heterocycles. The summed E-state index contributed by atoms with van der Waals surface area (Å²) < 4.78 is 0. The van der Waals surface area contributed by atoms with Crippen molar-refractivity contribution in [3.63, 3.8) is 0 Å². The fourth-order valence-corrected chi connectivity index (χ4v) is 2.45. The normalized spacial score (nSPS) is 14.2. The molecule has 0 spiro atoms. The molecule has 0 radical (unpaired) electrons. The zero-order chi connectivity index (χ0) is 13.3. The van der Waals surface area contributed by atoms with Crippen LogP contribution in [0.2, 0.25) is 0 Å². The van der Waals surface area contributed by atoms with E-state index in [9.17, 15) is 4.79 Å². The quantitative estimate of drug-likeness (QED) is 0.889. The first kappa shape index (κ1) is 12.9. The maximum absolute atomic E-state index is 11.9. The second-order valence-corrected chi connectivity index (χ2v) is 5.51. The van der Waals surface area contributed by atoms with Gasteiger partial charge in [0.2, 0.25) is 0 Å². The minimum absolute atomic E-state index is 0.0239. The van der Waals surface area contributed by atoms with Crippen molar-refractivity contribution in [2.45, 2.75) is 46.2 Å². The minimum Gasteiger partial charge on any atom is -0.369 e. The van der Waals surface area contributed by atoms with Gasteiger partial charge in [-0.1, -0.05) is 0 Å². The Morgan fingerprint density at radius 3 is 2.61 bits per heavy atom. The van der Waals surface area contributed by atoms with E-state index < -0.39 is 0 Å². The summed E-state index contributed by atoms with van der Waals surface area (Å²) in [5.74, 6) is 0.0239. The van der Waals surface area contributed by atoms with Crippen LogP contribution in [0.3, 0.4) is 0 Å². The smallest absolute Gasteiger partial charge is 0.251 e. The molecule has 1 aliphatic rings. The molecule has 0 atom stereocenters. The minimum atomic E-state index is 0.0239. The highest BCUT2D eigenvalue weighted by Crippen LogP contribution is 2.30. The van der Waals surface area contributed by atoms with Crippen LogP contribution >= 0.6 is 0 Å². The van der Waals surface area contributed by atoms with E-state index in [1.54, 1.807) is 0 Å². The molecule has 0 fully saturated rings. The highest BCUT2D eigenvalue weighted by atomic mass is 16.1. The van der Waals surface area contributed by atoms with E-state index in [0.29, 0.717) is 6.04 Å². The first-order valence-electron chi connectivity index (χ1n) is 6.69. The molecule has 0 bridgehead atoms. The summed E-state index contributed by atoms with van der Waals surface area (Å²) in [6, 6.07) is 6.74. The van der Waals surface area contributed by atoms with Crippen molar-refractivity contribution in [1.29, 1.82) is 0 Å². The molecule has 0 saturated carbocycles. The van der Waals surface area contributed by atoms with E-state index in [1.807, 2.05) is 26.0 Å². The van der Waals surface area contributed by atoms with Gasteiger partial charge in [-0.05, 0) is 57.9 Å². The fraction of sp³-hybridized carbons (Fsp3) is 0.533. The lowest BCUT2D eigenvalue weighted by Gasteiger charge is -2.24. The van der Waals surface area contributed by atoms with Gasteiger partial charge < -0.3 is 10.2 Å². The third-order valence-corrected chi connectivity index (χ3v) is 3.32. The number of benzene rings is 1. The van der Waals surface area contributed by atoms with Gasteiger partial charge in [0.25, 0.3) is 5.91 Å². The summed E-state index contributed by atoms with van der Waals surface area (Å²) >= 11 is 0. The molecule has 3 nitrogen and oxygen atoms in total. The Kier molecular flexibility index (Phi) is 3.60. The van der Waals surface area contributed by atoms with Gasteiger partial charge in [-0.15, -0.1) is 0 Å². The third kappa shape index (κ3) is 2.50. The summed E-state index contributed by atoms with van der Waals surface area (Å²) in [5.41, 5.74) is 3.35. The monoisotopic (exact) mass is 246 g/mol. The molecule has 0 aromatic heterocycles. The Morgan fingerprint density at radius 2 is 2.00 bits per heavy atom. The van der Waals surface area contributed by atoms with Crippen LogP contribution in [-0.2, 0) is 6.42 Å². The lowest BCUT2D eigenvalue weighted by atomic mass is 10.1. The predicted molar refractivity (Wildman–Crippen MR) is 75.2 cm³/mol. The van der Waals surface area contributed by atoms with Crippen LogP contribution in [0.5, 0.6) is 0 Å². The van der Waals surface area contributed by atoms with Crippen molar-refractivity contribution >= 4 is 11.6 Å². The zero-order valence-electron chi connectivity index (χ0n) is 11.7. The summed E-state index contributed by atoms with van der Waals surface area (Å²) in [6.45, 7) is 9.42. The van der Waals surface area contributed by atoms with Crippen LogP contribution in [0, 0.1) is 0 Å². The highest BCUT2D eigenvalue weighted by molar-refractivity contribution is 5.95. The van der Waals surface area contributed by atoms with E-state index in [2.05, 4.69) is 30.1 Å². The fourth-order valence-electron chi connectivity index (χ4n) is 2.45. The SMILES string of the molecule is CC(C)NC(=O)c1ccc2c(c1)CCN2C(C)C. The van der Waals surface area contributed by atoms with Gasteiger partial charge in [0.1, 0.15) is 0 Å². The van der Waals surface area contributed by atoms with Crippen molar-refractivity contribution in [3.8, 4) is 0 Å². The van der Waals surface area contributed by atoms with Gasteiger partial charge >= 0.3 is 0 Å². The summed E-state index contributed by atoms with van der Waals surface area (Å²) in [7, 11) is 0. The number of hydrogen-bond acceptors (Lipinski definition) is 2. The Morgan fingerprint density at radius 1 is 1.28 bits per heavy atom. The Labute approximate surface area is 109 Å². The molecular weight excluding hydrogens is 224 g/mol. The van der Waals surface area contributed by atoms with E-state index in [1.165, 1.54) is 11.3 Å². The van der Waals surface area contributed by atoms with E-state index >= 15 is 0 Å². The van der Waals surface area contributed by atoms with Gasteiger partial charge in [-0.3, -0.25) is 4.79 Å². The molecule has 98 valence electrons. The second-order valence-electron chi connectivity index (χ2n) is 5.51. The van der Waals surface area contributed by atoms with Gasteiger partial charge in [-0.25, -0.2) is 0 Å². The highest BCUT2D eigenvalue weighted by Gasteiger charge is 2.22. The summed E-state index contributed by atoms with van der Waals surface area (Å²) in [4.78, 5) is 14.3.